The first-order chi connectivity index (χ1) is 11.6. The molecule has 1 heterocycles. The molecule has 0 bridgehead atoms. The van der Waals surface area contributed by atoms with Crippen LogP contribution < -0.4 is 5.43 Å². The van der Waals surface area contributed by atoms with E-state index in [2.05, 4.69) is 20.7 Å². The van der Waals surface area contributed by atoms with Gasteiger partial charge in [-0.05, 0) is 17.7 Å². The van der Waals surface area contributed by atoms with E-state index < -0.39 is 4.92 Å². The van der Waals surface area contributed by atoms with E-state index in [1.54, 1.807) is 18.3 Å². The maximum absolute atomic E-state index is 10.6. The summed E-state index contributed by atoms with van der Waals surface area (Å²) in [5.74, 6) is 0. The van der Waals surface area contributed by atoms with E-state index in [9.17, 15) is 10.1 Å². The van der Waals surface area contributed by atoms with Crippen LogP contribution in [0.15, 0.2) is 53.6 Å². The normalized spacial score (nSPS) is 11.0. The summed E-state index contributed by atoms with van der Waals surface area (Å²) < 4.78 is 0. The Bertz CT molecular complexity index is 912. The van der Waals surface area contributed by atoms with Crippen LogP contribution in [0.4, 0.5) is 5.69 Å². The Balaban J connectivity index is 1.68. The topological polar surface area (TPSA) is 93.3 Å². The van der Waals surface area contributed by atoms with Gasteiger partial charge in [0.05, 0.1) is 23.4 Å². The summed E-state index contributed by atoms with van der Waals surface area (Å²) in [5, 5.41) is 24.8. The molecule has 24 heavy (non-hydrogen) atoms. The summed E-state index contributed by atoms with van der Waals surface area (Å²) in [6.07, 6.45) is 1.58. The minimum Gasteiger partial charge on any atom is -0.304 e. The van der Waals surface area contributed by atoms with Crippen LogP contribution in [0, 0.1) is 10.1 Å². The minimum atomic E-state index is -0.441. The van der Waals surface area contributed by atoms with E-state index in [4.69, 9.17) is 11.6 Å². The van der Waals surface area contributed by atoms with E-state index in [0.717, 1.165) is 22.0 Å². The lowest BCUT2D eigenvalue weighted by Crippen LogP contribution is -2.09. The number of hydrogen-bond donors (Lipinski definition) is 1. The van der Waals surface area contributed by atoms with Crippen LogP contribution in [0.25, 0.3) is 10.8 Å². The van der Waals surface area contributed by atoms with Crippen molar-refractivity contribution in [2.45, 2.75) is 6.54 Å². The average Bonchev–Trinajstić information content (AvgIpc) is 2.61. The molecule has 0 atom stereocenters. The first-order valence-corrected chi connectivity index (χ1v) is 7.43. The van der Waals surface area contributed by atoms with Gasteiger partial charge in [0.15, 0.2) is 5.15 Å². The Morgan fingerprint density at radius 2 is 1.83 bits per heavy atom. The summed E-state index contributed by atoms with van der Waals surface area (Å²) in [7, 11) is 0. The Hall–Kier alpha value is -3.06. The fourth-order valence-electron chi connectivity index (χ4n) is 2.18. The minimum absolute atomic E-state index is 0.0445. The molecule has 0 unspecified atom stereocenters. The molecule has 7 nitrogen and oxygen atoms in total. The molecule has 0 aliphatic heterocycles. The number of fused-ring (bicyclic) bond motifs is 1. The van der Waals surface area contributed by atoms with E-state index in [-0.39, 0.29) is 5.69 Å². The SMILES string of the molecule is O=[N+]([O-])c1ccc(/C=N/NCc2nnc(Cl)c3ccccc23)cc1. The number of nitrogens with one attached hydrogen (secondary N) is 1. The summed E-state index contributed by atoms with van der Waals surface area (Å²) in [4.78, 5) is 10.2. The van der Waals surface area contributed by atoms with Crippen molar-refractivity contribution in [2.24, 2.45) is 5.10 Å². The first-order valence-electron chi connectivity index (χ1n) is 7.05. The molecule has 1 aromatic heterocycles. The number of nitro groups is 1. The molecule has 0 spiro atoms. The van der Waals surface area contributed by atoms with Crippen molar-refractivity contribution in [1.29, 1.82) is 0 Å². The number of aromatic nitrogens is 2. The van der Waals surface area contributed by atoms with Gasteiger partial charge in [-0.25, -0.2) is 0 Å². The number of nitro benzene ring substituents is 1. The molecule has 0 aliphatic carbocycles. The van der Waals surface area contributed by atoms with Gasteiger partial charge in [0.25, 0.3) is 5.69 Å². The van der Waals surface area contributed by atoms with Crippen molar-refractivity contribution >= 4 is 34.3 Å². The number of hydrogen-bond acceptors (Lipinski definition) is 6. The van der Waals surface area contributed by atoms with Crippen LogP contribution in [0.5, 0.6) is 0 Å². The number of benzene rings is 2. The second-order valence-electron chi connectivity index (χ2n) is 4.92. The van der Waals surface area contributed by atoms with Gasteiger partial charge in [0.1, 0.15) is 0 Å². The lowest BCUT2D eigenvalue weighted by molar-refractivity contribution is -0.384. The van der Waals surface area contributed by atoms with Crippen LogP contribution in [0.3, 0.4) is 0 Å². The van der Waals surface area contributed by atoms with Crippen molar-refractivity contribution in [3.8, 4) is 0 Å². The summed E-state index contributed by atoms with van der Waals surface area (Å²) >= 11 is 6.03. The lowest BCUT2D eigenvalue weighted by atomic mass is 10.1. The molecule has 0 saturated carbocycles. The largest absolute Gasteiger partial charge is 0.304 e. The molecule has 8 heteroatoms. The Labute approximate surface area is 142 Å². The molecule has 2 aromatic carbocycles. The fourth-order valence-corrected chi connectivity index (χ4v) is 2.38. The van der Waals surface area contributed by atoms with Gasteiger partial charge in [0, 0.05) is 22.9 Å². The van der Waals surface area contributed by atoms with Crippen molar-refractivity contribution < 1.29 is 4.92 Å². The van der Waals surface area contributed by atoms with Crippen molar-refractivity contribution in [2.75, 3.05) is 0 Å². The van der Waals surface area contributed by atoms with Crippen LogP contribution >= 0.6 is 11.6 Å². The highest BCUT2D eigenvalue weighted by atomic mass is 35.5. The van der Waals surface area contributed by atoms with Gasteiger partial charge in [-0.2, -0.15) is 10.2 Å². The third kappa shape index (κ3) is 3.47. The van der Waals surface area contributed by atoms with Crippen LogP contribution in [0.1, 0.15) is 11.3 Å². The third-order valence-electron chi connectivity index (χ3n) is 3.37. The van der Waals surface area contributed by atoms with Gasteiger partial charge < -0.3 is 5.43 Å². The zero-order chi connectivity index (χ0) is 16.9. The van der Waals surface area contributed by atoms with Crippen molar-refractivity contribution in [1.82, 2.24) is 15.6 Å². The number of nitrogens with zero attached hydrogens (tertiary/aromatic N) is 4. The summed E-state index contributed by atoms with van der Waals surface area (Å²) in [5.41, 5.74) is 4.42. The van der Waals surface area contributed by atoms with Gasteiger partial charge in [0.2, 0.25) is 0 Å². The predicted molar refractivity (Wildman–Crippen MR) is 92.1 cm³/mol. The van der Waals surface area contributed by atoms with Crippen LogP contribution in [-0.4, -0.2) is 21.3 Å². The number of halogens is 1. The van der Waals surface area contributed by atoms with E-state index in [1.165, 1.54) is 12.1 Å². The van der Waals surface area contributed by atoms with Gasteiger partial charge >= 0.3 is 0 Å². The molecule has 0 fully saturated rings. The van der Waals surface area contributed by atoms with E-state index >= 15 is 0 Å². The van der Waals surface area contributed by atoms with Crippen LogP contribution in [0.2, 0.25) is 5.15 Å². The zero-order valence-corrected chi connectivity index (χ0v) is 13.1. The molecular weight excluding hydrogens is 330 g/mol. The van der Waals surface area contributed by atoms with Crippen molar-refractivity contribution in [3.05, 3.63) is 75.1 Å². The predicted octanol–water partition coefficient (Wildman–Crippen LogP) is 3.32. The Morgan fingerprint density at radius 3 is 2.54 bits per heavy atom. The summed E-state index contributed by atoms with van der Waals surface area (Å²) in [6.45, 7) is 0.383. The average molecular weight is 342 g/mol. The highest BCUT2D eigenvalue weighted by molar-refractivity contribution is 6.34. The maximum Gasteiger partial charge on any atom is 0.269 e. The van der Waals surface area contributed by atoms with Crippen molar-refractivity contribution in [3.63, 3.8) is 0 Å². The molecular formula is C16H12ClN5O2. The molecule has 1 N–H and O–H groups in total. The van der Waals surface area contributed by atoms with Crippen LogP contribution in [-0.2, 0) is 6.54 Å². The van der Waals surface area contributed by atoms with E-state index in [1.807, 2.05) is 24.3 Å². The maximum atomic E-state index is 10.6. The monoisotopic (exact) mass is 341 g/mol. The molecule has 0 radical (unpaired) electrons. The van der Waals surface area contributed by atoms with Gasteiger partial charge in [-0.3, -0.25) is 10.1 Å². The highest BCUT2D eigenvalue weighted by Crippen LogP contribution is 2.22. The van der Waals surface area contributed by atoms with E-state index in [0.29, 0.717) is 11.7 Å². The molecule has 0 saturated heterocycles. The molecule has 0 amide bonds. The summed E-state index contributed by atoms with van der Waals surface area (Å²) in [6, 6.07) is 13.7. The highest BCUT2D eigenvalue weighted by Gasteiger charge is 2.06. The number of non-ortho nitro benzene ring substituents is 1. The second-order valence-corrected chi connectivity index (χ2v) is 5.28. The smallest absolute Gasteiger partial charge is 0.269 e. The third-order valence-corrected chi connectivity index (χ3v) is 3.65. The molecule has 3 rings (SSSR count). The molecule has 120 valence electrons. The fraction of sp³-hybridized carbons (Fsp3) is 0.0625. The number of hydrazone groups is 1. The quantitative estimate of drug-likeness (QED) is 0.436. The lowest BCUT2D eigenvalue weighted by Gasteiger charge is -2.05. The van der Waals surface area contributed by atoms with Gasteiger partial charge in [-0.1, -0.05) is 35.9 Å². The van der Waals surface area contributed by atoms with Gasteiger partial charge in [-0.15, -0.1) is 5.10 Å². The molecule has 3 aromatic rings. The second kappa shape index (κ2) is 7.01. The Morgan fingerprint density at radius 1 is 1.12 bits per heavy atom. The molecule has 0 aliphatic rings. The Kier molecular flexibility index (Phi) is 4.62. The first kappa shape index (κ1) is 15.8. The number of rotatable bonds is 5. The zero-order valence-electron chi connectivity index (χ0n) is 12.4. The standard InChI is InChI=1S/C16H12ClN5O2/c17-16-14-4-2-1-3-13(14)15(20-21-16)10-19-18-9-11-5-7-12(8-6-11)22(23)24/h1-9,19H,10H2/b18-9+.